The lowest BCUT2D eigenvalue weighted by Crippen LogP contribution is -2.24. The van der Waals surface area contributed by atoms with Gasteiger partial charge < -0.3 is 20.6 Å². The molecule has 0 aromatic heterocycles. The van der Waals surface area contributed by atoms with E-state index in [0.717, 1.165) is 6.07 Å². The number of amides is 1. The lowest BCUT2D eigenvalue weighted by atomic mass is 9.82. The SMILES string of the molecule is Nc1c(OS(=O)(=O)O)cc(Nc2ccc(NC(=O)CCl)cc2)c2c1C(=O)c1ccccc1C2=O. The van der Waals surface area contributed by atoms with E-state index in [9.17, 15) is 22.8 Å². The lowest BCUT2D eigenvalue weighted by molar-refractivity contribution is -0.113. The highest BCUT2D eigenvalue weighted by molar-refractivity contribution is 7.81. The Morgan fingerprint density at radius 3 is 2.09 bits per heavy atom. The number of benzene rings is 3. The zero-order chi connectivity index (χ0) is 24.6. The van der Waals surface area contributed by atoms with Crippen molar-refractivity contribution in [2.24, 2.45) is 0 Å². The first-order valence-electron chi connectivity index (χ1n) is 9.63. The number of nitrogens with one attached hydrogen (secondary N) is 2. The van der Waals surface area contributed by atoms with Gasteiger partial charge in [0.15, 0.2) is 17.3 Å². The summed E-state index contributed by atoms with van der Waals surface area (Å²) in [6.45, 7) is 0. The van der Waals surface area contributed by atoms with Gasteiger partial charge in [0.05, 0.1) is 22.5 Å². The molecule has 0 radical (unpaired) electrons. The maximum atomic E-state index is 13.3. The fourth-order valence-electron chi connectivity index (χ4n) is 3.56. The van der Waals surface area contributed by atoms with Crippen LogP contribution in [-0.4, -0.2) is 36.3 Å². The topological polar surface area (TPSA) is 165 Å². The first-order valence-corrected chi connectivity index (χ1v) is 11.5. The number of carbonyl (C=O) groups is 3. The van der Waals surface area contributed by atoms with Crippen molar-refractivity contribution >= 4 is 62.2 Å². The summed E-state index contributed by atoms with van der Waals surface area (Å²) >= 11 is 5.48. The highest BCUT2D eigenvalue weighted by Gasteiger charge is 2.35. The van der Waals surface area contributed by atoms with E-state index < -0.39 is 39.3 Å². The van der Waals surface area contributed by atoms with E-state index in [1.165, 1.54) is 12.1 Å². The van der Waals surface area contributed by atoms with Gasteiger partial charge in [-0.2, -0.15) is 8.42 Å². The molecule has 1 amide bonds. The molecule has 0 unspecified atom stereocenters. The number of hydrogen-bond acceptors (Lipinski definition) is 8. The Kier molecular flexibility index (Phi) is 6.00. The molecule has 0 atom stereocenters. The van der Waals surface area contributed by atoms with Crippen LogP contribution in [0.1, 0.15) is 31.8 Å². The second kappa shape index (κ2) is 8.78. The summed E-state index contributed by atoms with van der Waals surface area (Å²) in [5.74, 6) is -2.26. The van der Waals surface area contributed by atoms with Gasteiger partial charge in [0.2, 0.25) is 5.91 Å². The first kappa shape index (κ1) is 23.2. The minimum absolute atomic E-state index is 0.0215. The molecule has 3 aromatic rings. The Morgan fingerprint density at radius 2 is 1.53 bits per heavy atom. The van der Waals surface area contributed by atoms with E-state index in [4.69, 9.17) is 21.9 Å². The van der Waals surface area contributed by atoms with Gasteiger partial charge in [-0.3, -0.25) is 18.9 Å². The minimum atomic E-state index is -4.98. The van der Waals surface area contributed by atoms with Crippen molar-refractivity contribution in [1.82, 2.24) is 0 Å². The van der Waals surface area contributed by atoms with Gasteiger partial charge in [0, 0.05) is 28.6 Å². The highest BCUT2D eigenvalue weighted by atomic mass is 35.5. The number of nitrogen functional groups attached to an aromatic ring is 1. The minimum Gasteiger partial charge on any atom is -0.395 e. The summed E-state index contributed by atoms with van der Waals surface area (Å²) in [5.41, 5.74) is 6.43. The van der Waals surface area contributed by atoms with Gasteiger partial charge >= 0.3 is 10.4 Å². The highest BCUT2D eigenvalue weighted by Crippen LogP contribution is 2.42. The fraction of sp³-hybridized carbons (Fsp3) is 0.0455. The molecule has 0 bridgehead atoms. The molecule has 0 spiro atoms. The van der Waals surface area contributed by atoms with Gasteiger partial charge in [0.25, 0.3) is 0 Å². The lowest BCUT2D eigenvalue weighted by Gasteiger charge is -2.23. The number of ketones is 2. The molecular weight excluding hydrogens is 486 g/mol. The van der Waals surface area contributed by atoms with Gasteiger partial charge in [-0.25, -0.2) is 0 Å². The Hall–Kier alpha value is -3.93. The average molecular weight is 502 g/mol. The van der Waals surface area contributed by atoms with Crippen LogP contribution in [0, 0.1) is 0 Å². The Balaban J connectivity index is 1.83. The van der Waals surface area contributed by atoms with Crippen LogP contribution in [-0.2, 0) is 15.2 Å². The smallest absolute Gasteiger partial charge is 0.395 e. The summed E-state index contributed by atoms with van der Waals surface area (Å²) in [5, 5.41) is 5.51. The number of hydrogen-bond donors (Lipinski definition) is 4. The molecule has 10 nitrogen and oxygen atoms in total. The van der Waals surface area contributed by atoms with Crippen molar-refractivity contribution < 1.29 is 31.5 Å². The number of anilines is 4. The number of nitrogens with two attached hydrogens (primary N) is 1. The fourth-order valence-corrected chi connectivity index (χ4v) is 3.99. The monoisotopic (exact) mass is 501 g/mol. The van der Waals surface area contributed by atoms with Crippen LogP contribution in [0.25, 0.3) is 0 Å². The maximum Gasteiger partial charge on any atom is 0.446 e. The van der Waals surface area contributed by atoms with Gasteiger partial charge in [-0.05, 0) is 24.3 Å². The van der Waals surface area contributed by atoms with E-state index in [2.05, 4.69) is 14.8 Å². The molecule has 0 saturated heterocycles. The average Bonchev–Trinajstić information content (AvgIpc) is 2.79. The Labute approximate surface area is 198 Å². The number of alkyl halides is 1. The molecule has 174 valence electrons. The van der Waals surface area contributed by atoms with E-state index in [1.54, 1.807) is 36.4 Å². The second-order valence-electron chi connectivity index (χ2n) is 7.18. The van der Waals surface area contributed by atoms with E-state index >= 15 is 0 Å². The standard InChI is InChI=1S/C22H16ClN3O7S/c23-10-17(27)26-12-7-5-11(6-8-12)25-15-9-16(33-34(30,31)32)20(24)19-18(15)21(28)13-3-1-2-4-14(13)22(19)29/h1-9,25H,10,24H2,(H,26,27)(H,30,31,32). The quantitative estimate of drug-likeness (QED) is 0.176. The predicted octanol–water partition coefficient (Wildman–Crippen LogP) is 3.15. The maximum absolute atomic E-state index is 13.3. The normalized spacial score (nSPS) is 12.5. The zero-order valence-corrected chi connectivity index (χ0v) is 18.7. The van der Waals surface area contributed by atoms with Gasteiger partial charge in [-0.1, -0.05) is 24.3 Å². The van der Waals surface area contributed by atoms with Gasteiger partial charge in [-0.15, -0.1) is 11.6 Å². The number of rotatable bonds is 6. The van der Waals surface area contributed by atoms with E-state index in [-0.39, 0.29) is 33.8 Å². The van der Waals surface area contributed by atoms with Crippen molar-refractivity contribution in [1.29, 1.82) is 0 Å². The van der Waals surface area contributed by atoms with Crippen molar-refractivity contribution in [3.05, 3.63) is 76.9 Å². The number of carbonyl (C=O) groups excluding carboxylic acids is 3. The third-order valence-electron chi connectivity index (χ3n) is 4.96. The molecule has 1 aliphatic carbocycles. The molecule has 12 heteroatoms. The van der Waals surface area contributed by atoms with E-state index in [1.807, 2.05) is 0 Å². The van der Waals surface area contributed by atoms with E-state index in [0.29, 0.717) is 11.4 Å². The first-order chi connectivity index (χ1) is 16.1. The Morgan fingerprint density at radius 1 is 0.971 bits per heavy atom. The summed E-state index contributed by atoms with van der Waals surface area (Å²) in [7, 11) is -4.98. The molecule has 1 aliphatic rings. The molecule has 4 rings (SSSR count). The van der Waals surface area contributed by atoms with Crippen molar-refractivity contribution in [2.75, 3.05) is 22.2 Å². The third-order valence-corrected chi connectivity index (χ3v) is 5.60. The molecule has 5 N–H and O–H groups in total. The molecule has 0 saturated carbocycles. The van der Waals surface area contributed by atoms with Gasteiger partial charge in [0.1, 0.15) is 5.88 Å². The summed E-state index contributed by atoms with van der Waals surface area (Å²) in [4.78, 5) is 37.9. The van der Waals surface area contributed by atoms with Crippen molar-refractivity contribution in [3.8, 4) is 5.75 Å². The molecule has 0 fully saturated rings. The van der Waals surface area contributed by atoms with Crippen LogP contribution in [0.15, 0.2) is 54.6 Å². The molecule has 0 aliphatic heterocycles. The van der Waals surface area contributed by atoms with Crippen LogP contribution in [0.2, 0.25) is 0 Å². The van der Waals surface area contributed by atoms with Crippen LogP contribution in [0.3, 0.4) is 0 Å². The predicted molar refractivity (Wildman–Crippen MR) is 125 cm³/mol. The molecular formula is C22H16ClN3O7S. The van der Waals surface area contributed by atoms with Crippen molar-refractivity contribution in [2.45, 2.75) is 0 Å². The zero-order valence-electron chi connectivity index (χ0n) is 17.2. The van der Waals surface area contributed by atoms with Crippen molar-refractivity contribution in [3.63, 3.8) is 0 Å². The summed E-state index contributed by atoms with van der Waals surface area (Å²) in [6.07, 6.45) is 0. The third kappa shape index (κ3) is 4.44. The largest absolute Gasteiger partial charge is 0.446 e. The summed E-state index contributed by atoms with van der Waals surface area (Å²) in [6, 6.07) is 13.5. The second-order valence-corrected chi connectivity index (χ2v) is 8.47. The molecule has 3 aromatic carbocycles. The van der Waals surface area contributed by atoms with Crippen LogP contribution in [0.5, 0.6) is 5.75 Å². The van der Waals surface area contributed by atoms with Crippen LogP contribution in [0.4, 0.5) is 22.7 Å². The molecule has 34 heavy (non-hydrogen) atoms. The summed E-state index contributed by atoms with van der Waals surface area (Å²) < 4.78 is 36.4. The number of fused-ring (bicyclic) bond motifs is 2. The number of halogens is 1. The Bertz CT molecular complexity index is 1450. The van der Waals surface area contributed by atoms with Crippen LogP contribution < -0.4 is 20.6 Å². The van der Waals surface area contributed by atoms with Crippen LogP contribution >= 0.6 is 11.6 Å². The molecule has 0 heterocycles.